The molecule has 0 bridgehead atoms. The van der Waals surface area contributed by atoms with Crippen molar-refractivity contribution in [1.29, 1.82) is 0 Å². The number of nitrogens with zero attached hydrogens (tertiary/aromatic N) is 1. The Morgan fingerprint density at radius 3 is 2.80 bits per heavy atom. The maximum absolute atomic E-state index is 10.7. The van der Waals surface area contributed by atoms with E-state index in [1.54, 1.807) is 0 Å². The van der Waals surface area contributed by atoms with Crippen LogP contribution in [0.15, 0.2) is 18.2 Å². The smallest absolute Gasteiger partial charge is 0.276 e. The first kappa shape index (κ1) is 11.9. The monoisotopic (exact) mass is 230 g/mol. The van der Waals surface area contributed by atoms with Crippen LogP contribution in [0.2, 0.25) is 5.02 Å². The highest BCUT2D eigenvalue weighted by Crippen LogP contribution is 2.33. The first-order valence-electron chi connectivity index (χ1n) is 4.39. The van der Waals surface area contributed by atoms with Gasteiger partial charge >= 0.3 is 0 Å². The number of nitro benzene ring substituents is 1. The SMILES string of the molecule is NCC[C@@H](O)c1c(Cl)cccc1[N+](=O)[O-]. The molecule has 0 aliphatic heterocycles. The van der Waals surface area contributed by atoms with Crippen LogP contribution in [0.3, 0.4) is 0 Å². The van der Waals surface area contributed by atoms with Crippen LogP contribution in [0, 0.1) is 10.1 Å². The average molecular weight is 231 g/mol. The molecular formula is C9H11ClN2O3. The van der Waals surface area contributed by atoms with Crippen molar-refractivity contribution in [1.82, 2.24) is 0 Å². The van der Waals surface area contributed by atoms with E-state index in [0.717, 1.165) is 0 Å². The molecule has 0 spiro atoms. The highest BCUT2D eigenvalue weighted by molar-refractivity contribution is 6.31. The number of rotatable bonds is 4. The zero-order chi connectivity index (χ0) is 11.4. The quantitative estimate of drug-likeness (QED) is 0.608. The van der Waals surface area contributed by atoms with E-state index in [9.17, 15) is 15.2 Å². The van der Waals surface area contributed by atoms with Gasteiger partial charge in [-0.25, -0.2) is 0 Å². The molecule has 1 atom stereocenters. The molecule has 0 radical (unpaired) electrons. The normalized spacial score (nSPS) is 12.5. The molecule has 1 aromatic rings. The lowest BCUT2D eigenvalue weighted by molar-refractivity contribution is -0.386. The van der Waals surface area contributed by atoms with E-state index in [2.05, 4.69) is 0 Å². The molecule has 5 nitrogen and oxygen atoms in total. The summed E-state index contributed by atoms with van der Waals surface area (Å²) in [6.07, 6.45) is -0.756. The Hall–Kier alpha value is -1.17. The van der Waals surface area contributed by atoms with Crippen molar-refractivity contribution in [3.8, 4) is 0 Å². The van der Waals surface area contributed by atoms with E-state index >= 15 is 0 Å². The van der Waals surface area contributed by atoms with Crippen molar-refractivity contribution in [2.24, 2.45) is 5.73 Å². The van der Waals surface area contributed by atoms with Crippen LogP contribution in [0.25, 0.3) is 0 Å². The molecule has 0 aliphatic rings. The van der Waals surface area contributed by atoms with E-state index in [1.165, 1.54) is 18.2 Å². The number of aliphatic hydroxyl groups excluding tert-OH is 1. The van der Waals surface area contributed by atoms with Crippen LogP contribution < -0.4 is 5.73 Å². The molecule has 0 unspecified atom stereocenters. The fourth-order valence-electron chi connectivity index (χ4n) is 1.32. The van der Waals surface area contributed by atoms with Crippen LogP contribution in [-0.4, -0.2) is 16.6 Å². The van der Waals surface area contributed by atoms with Gasteiger partial charge in [0.25, 0.3) is 5.69 Å². The van der Waals surface area contributed by atoms with Gasteiger partial charge in [0, 0.05) is 6.07 Å². The summed E-state index contributed by atoms with van der Waals surface area (Å²) in [7, 11) is 0. The number of hydrogen-bond donors (Lipinski definition) is 2. The van der Waals surface area contributed by atoms with Gasteiger partial charge in [0.1, 0.15) is 0 Å². The molecule has 0 saturated heterocycles. The Morgan fingerprint density at radius 1 is 1.60 bits per heavy atom. The minimum absolute atomic E-state index is 0.134. The van der Waals surface area contributed by atoms with Crippen molar-refractivity contribution in [2.45, 2.75) is 12.5 Å². The van der Waals surface area contributed by atoms with Gasteiger partial charge in [0.2, 0.25) is 0 Å². The molecular weight excluding hydrogens is 220 g/mol. The molecule has 82 valence electrons. The second-order valence-corrected chi connectivity index (χ2v) is 3.43. The molecule has 0 heterocycles. The van der Waals surface area contributed by atoms with E-state index in [4.69, 9.17) is 17.3 Å². The van der Waals surface area contributed by atoms with E-state index in [0.29, 0.717) is 0 Å². The summed E-state index contributed by atoms with van der Waals surface area (Å²) in [6, 6.07) is 4.28. The van der Waals surface area contributed by atoms with Crippen LogP contribution in [0.4, 0.5) is 5.69 Å². The van der Waals surface area contributed by atoms with Crippen LogP contribution in [-0.2, 0) is 0 Å². The summed E-state index contributed by atoms with van der Waals surface area (Å²) in [5.41, 5.74) is 5.23. The van der Waals surface area contributed by atoms with Crippen LogP contribution in [0.5, 0.6) is 0 Å². The molecule has 0 aromatic heterocycles. The van der Waals surface area contributed by atoms with E-state index in [1.807, 2.05) is 0 Å². The van der Waals surface area contributed by atoms with Gasteiger partial charge in [0.05, 0.1) is 21.6 Å². The number of nitrogens with two attached hydrogens (primary N) is 1. The molecule has 1 aromatic carbocycles. The highest BCUT2D eigenvalue weighted by atomic mass is 35.5. The van der Waals surface area contributed by atoms with Gasteiger partial charge in [-0.2, -0.15) is 0 Å². The standard InChI is InChI=1S/C9H11ClN2O3/c10-6-2-1-3-7(12(14)15)9(6)8(13)4-5-11/h1-3,8,13H,4-5,11H2/t8-/m1/s1. The maximum Gasteiger partial charge on any atom is 0.276 e. The van der Waals surface area contributed by atoms with Crippen molar-refractivity contribution in [2.75, 3.05) is 6.54 Å². The fraction of sp³-hybridized carbons (Fsp3) is 0.333. The van der Waals surface area contributed by atoms with Gasteiger partial charge in [-0.3, -0.25) is 10.1 Å². The summed E-state index contributed by atoms with van der Waals surface area (Å²) in [5, 5.41) is 20.5. The molecule has 1 rings (SSSR count). The maximum atomic E-state index is 10.7. The average Bonchev–Trinajstić information content (AvgIpc) is 2.17. The predicted octanol–water partition coefficient (Wildman–Crippen LogP) is 1.63. The predicted molar refractivity (Wildman–Crippen MR) is 56.7 cm³/mol. The van der Waals surface area contributed by atoms with Gasteiger partial charge in [-0.05, 0) is 19.0 Å². The second-order valence-electron chi connectivity index (χ2n) is 3.02. The Balaban J connectivity index is 3.18. The van der Waals surface area contributed by atoms with Crippen molar-refractivity contribution < 1.29 is 10.0 Å². The topological polar surface area (TPSA) is 89.4 Å². The van der Waals surface area contributed by atoms with Gasteiger partial charge in [-0.15, -0.1) is 0 Å². The van der Waals surface area contributed by atoms with E-state index < -0.39 is 11.0 Å². The molecule has 3 N–H and O–H groups in total. The molecule has 0 saturated carbocycles. The lowest BCUT2D eigenvalue weighted by Gasteiger charge is -2.11. The number of benzene rings is 1. The molecule has 0 aliphatic carbocycles. The molecule has 6 heteroatoms. The number of halogens is 1. The summed E-state index contributed by atoms with van der Waals surface area (Å²) >= 11 is 5.80. The minimum atomic E-state index is -0.996. The Kier molecular flexibility index (Phi) is 4.02. The zero-order valence-corrected chi connectivity index (χ0v) is 8.65. The Morgan fingerprint density at radius 2 is 2.27 bits per heavy atom. The first-order chi connectivity index (χ1) is 7.07. The first-order valence-corrected chi connectivity index (χ1v) is 4.76. The second kappa shape index (κ2) is 5.06. The lowest BCUT2D eigenvalue weighted by Crippen LogP contribution is -2.09. The fourth-order valence-corrected chi connectivity index (χ4v) is 1.61. The summed E-state index contributed by atoms with van der Waals surface area (Å²) < 4.78 is 0. The Bertz CT molecular complexity index is 370. The van der Waals surface area contributed by atoms with Gasteiger partial charge in [-0.1, -0.05) is 17.7 Å². The zero-order valence-electron chi connectivity index (χ0n) is 7.89. The van der Waals surface area contributed by atoms with Crippen molar-refractivity contribution in [3.05, 3.63) is 38.9 Å². The van der Waals surface area contributed by atoms with Crippen molar-refractivity contribution in [3.63, 3.8) is 0 Å². The third-order valence-electron chi connectivity index (χ3n) is 2.00. The van der Waals surface area contributed by atoms with Gasteiger partial charge in [0.15, 0.2) is 0 Å². The van der Waals surface area contributed by atoms with Crippen molar-refractivity contribution >= 4 is 17.3 Å². The summed E-state index contributed by atoms with van der Waals surface area (Å²) in [5.74, 6) is 0. The third-order valence-corrected chi connectivity index (χ3v) is 2.33. The molecule has 15 heavy (non-hydrogen) atoms. The third kappa shape index (κ3) is 2.65. The highest BCUT2D eigenvalue weighted by Gasteiger charge is 2.22. The van der Waals surface area contributed by atoms with E-state index in [-0.39, 0.29) is 29.2 Å². The lowest BCUT2D eigenvalue weighted by atomic mass is 10.0. The van der Waals surface area contributed by atoms with Gasteiger partial charge < -0.3 is 10.8 Å². The Labute approximate surface area is 91.6 Å². The number of aliphatic hydroxyl groups is 1. The number of hydrogen-bond acceptors (Lipinski definition) is 4. The molecule has 0 amide bonds. The van der Waals surface area contributed by atoms with Crippen LogP contribution in [0.1, 0.15) is 18.1 Å². The summed E-state index contributed by atoms with van der Waals surface area (Å²) in [4.78, 5) is 10.1. The van der Waals surface area contributed by atoms with Crippen LogP contribution >= 0.6 is 11.6 Å². The molecule has 0 fully saturated rings. The minimum Gasteiger partial charge on any atom is -0.388 e. The number of nitro groups is 1. The largest absolute Gasteiger partial charge is 0.388 e. The summed E-state index contributed by atoms with van der Waals surface area (Å²) in [6.45, 7) is 0.240.